The van der Waals surface area contributed by atoms with Crippen molar-refractivity contribution in [1.29, 1.82) is 0 Å². The molecule has 0 aliphatic heterocycles. The minimum Gasteiger partial charge on any atom is -0.507 e. The number of benzene rings is 1. The highest BCUT2D eigenvalue weighted by atomic mass is 35.5. The Balaban J connectivity index is 2.48. The molecule has 1 aromatic heterocycles. The second-order valence-corrected chi connectivity index (χ2v) is 5.84. The van der Waals surface area contributed by atoms with Crippen molar-refractivity contribution in [3.05, 3.63) is 70.9 Å². The van der Waals surface area contributed by atoms with E-state index < -0.39 is 5.97 Å². The lowest BCUT2D eigenvalue weighted by atomic mass is 10.1. The van der Waals surface area contributed by atoms with E-state index in [1.165, 1.54) is 6.07 Å². The van der Waals surface area contributed by atoms with Crippen molar-refractivity contribution in [2.24, 2.45) is 0 Å². The molecular formula is C20H21ClN2O3. The van der Waals surface area contributed by atoms with Gasteiger partial charge >= 0.3 is 5.97 Å². The zero-order valence-corrected chi connectivity index (χ0v) is 15.7. The Hall–Kier alpha value is -2.79. The Morgan fingerprint density at radius 3 is 2.81 bits per heavy atom. The lowest BCUT2D eigenvalue weighted by Crippen LogP contribution is -2.18. The monoisotopic (exact) mass is 372 g/mol. The second kappa shape index (κ2) is 9.06. The van der Waals surface area contributed by atoms with Gasteiger partial charge in [0.2, 0.25) is 0 Å². The van der Waals surface area contributed by atoms with Crippen LogP contribution in [0, 0.1) is 0 Å². The number of anilines is 1. The summed E-state index contributed by atoms with van der Waals surface area (Å²) >= 11 is 6.10. The Kier molecular flexibility index (Phi) is 6.81. The van der Waals surface area contributed by atoms with Crippen LogP contribution in [0.25, 0.3) is 5.70 Å². The smallest absolute Gasteiger partial charge is 0.356 e. The molecule has 2 aromatic rings. The topological polar surface area (TPSA) is 62.7 Å². The molecular weight excluding hydrogens is 352 g/mol. The number of rotatable bonds is 6. The zero-order valence-electron chi connectivity index (χ0n) is 14.9. The van der Waals surface area contributed by atoms with Crippen molar-refractivity contribution >= 4 is 29.1 Å². The molecule has 0 radical (unpaired) electrons. The summed E-state index contributed by atoms with van der Waals surface area (Å²) in [5.74, 6) is 0.150. The second-order valence-electron chi connectivity index (χ2n) is 5.40. The summed E-state index contributed by atoms with van der Waals surface area (Å²) in [4.78, 5) is 18.1. The number of phenols is 1. The number of halogens is 1. The molecule has 5 nitrogen and oxygen atoms in total. The van der Waals surface area contributed by atoms with Gasteiger partial charge in [0.1, 0.15) is 11.6 Å². The van der Waals surface area contributed by atoms with E-state index in [0.29, 0.717) is 22.1 Å². The van der Waals surface area contributed by atoms with Gasteiger partial charge in [0.05, 0.1) is 12.3 Å². The van der Waals surface area contributed by atoms with Gasteiger partial charge < -0.3 is 14.7 Å². The highest BCUT2D eigenvalue weighted by Gasteiger charge is 2.16. The predicted octanol–water partition coefficient (Wildman–Crippen LogP) is 4.67. The van der Waals surface area contributed by atoms with Crippen molar-refractivity contribution < 1.29 is 14.6 Å². The van der Waals surface area contributed by atoms with Gasteiger partial charge in [-0.1, -0.05) is 29.8 Å². The number of aromatic nitrogens is 1. The molecule has 1 aromatic carbocycles. The number of phenolic OH excluding ortho intramolecular Hbond substituents is 1. The largest absolute Gasteiger partial charge is 0.507 e. The van der Waals surface area contributed by atoms with Gasteiger partial charge in [0, 0.05) is 17.6 Å². The molecule has 0 spiro atoms. The molecule has 0 saturated heterocycles. The van der Waals surface area contributed by atoms with Crippen molar-refractivity contribution in [2.45, 2.75) is 13.8 Å². The number of hydrogen-bond donors (Lipinski definition) is 1. The first-order valence-corrected chi connectivity index (χ1v) is 8.55. The molecule has 2 rings (SSSR count). The van der Waals surface area contributed by atoms with E-state index in [0.717, 1.165) is 0 Å². The summed E-state index contributed by atoms with van der Waals surface area (Å²) < 4.78 is 5.00. The third kappa shape index (κ3) is 4.64. The fraction of sp³-hybridized carbons (Fsp3) is 0.200. The standard InChI is InChI=1S/C20H21ClN2O3/c1-4-6-9-17(15-13-14(21)11-12-18(15)24)23(3)19-10-7-8-16(22-19)20(25)26-5-2/h4,6-13,24H,5H2,1-3H3/b6-4+,17-9-. The highest BCUT2D eigenvalue weighted by molar-refractivity contribution is 6.30. The lowest BCUT2D eigenvalue weighted by molar-refractivity contribution is 0.0519. The van der Waals surface area contributed by atoms with E-state index >= 15 is 0 Å². The summed E-state index contributed by atoms with van der Waals surface area (Å²) in [7, 11) is 1.80. The average molecular weight is 373 g/mol. The maximum absolute atomic E-state index is 11.9. The van der Waals surface area contributed by atoms with Gasteiger partial charge in [-0.05, 0) is 50.3 Å². The summed E-state index contributed by atoms with van der Waals surface area (Å²) in [5, 5.41) is 10.8. The van der Waals surface area contributed by atoms with Gasteiger partial charge in [-0.25, -0.2) is 9.78 Å². The van der Waals surface area contributed by atoms with Crippen LogP contribution in [0.1, 0.15) is 29.9 Å². The van der Waals surface area contributed by atoms with Crippen molar-refractivity contribution in [1.82, 2.24) is 4.98 Å². The molecule has 0 aliphatic carbocycles. The quantitative estimate of drug-likeness (QED) is 0.589. The zero-order chi connectivity index (χ0) is 19.1. The lowest BCUT2D eigenvalue weighted by Gasteiger charge is -2.23. The first-order chi connectivity index (χ1) is 12.5. The molecule has 0 saturated carbocycles. The minimum absolute atomic E-state index is 0.0959. The summed E-state index contributed by atoms with van der Waals surface area (Å²) in [6, 6.07) is 9.94. The number of hydrogen-bond acceptors (Lipinski definition) is 5. The number of ether oxygens (including phenoxy) is 1. The number of esters is 1. The van der Waals surface area contributed by atoms with Crippen LogP contribution in [-0.2, 0) is 4.74 Å². The predicted molar refractivity (Wildman–Crippen MR) is 105 cm³/mol. The fourth-order valence-electron chi connectivity index (χ4n) is 2.34. The molecule has 136 valence electrons. The van der Waals surface area contributed by atoms with Crippen LogP contribution in [-0.4, -0.2) is 29.7 Å². The van der Waals surface area contributed by atoms with Crippen LogP contribution >= 0.6 is 11.6 Å². The number of carbonyl (C=O) groups is 1. The molecule has 0 unspecified atom stereocenters. The first-order valence-electron chi connectivity index (χ1n) is 8.17. The van der Waals surface area contributed by atoms with Crippen LogP contribution in [0.3, 0.4) is 0 Å². The van der Waals surface area contributed by atoms with E-state index in [4.69, 9.17) is 16.3 Å². The van der Waals surface area contributed by atoms with Crippen LogP contribution in [0.5, 0.6) is 5.75 Å². The molecule has 1 N–H and O–H groups in total. The molecule has 0 amide bonds. The fourth-order valence-corrected chi connectivity index (χ4v) is 2.51. The average Bonchev–Trinajstić information content (AvgIpc) is 2.64. The van der Waals surface area contributed by atoms with Crippen LogP contribution in [0.2, 0.25) is 5.02 Å². The Morgan fingerprint density at radius 2 is 2.12 bits per heavy atom. The van der Waals surface area contributed by atoms with E-state index in [2.05, 4.69) is 4.98 Å². The van der Waals surface area contributed by atoms with Crippen molar-refractivity contribution in [2.75, 3.05) is 18.6 Å². The Morgan fingerprint density at radius 1 is 1.35 bits per heavy atom. The maximum atomic E-state index is 11.9. The van der Waals surface area contributed by atoms with Gasteiger partial charge in [-0.3, -0.25) is 0 Å². The molecule has 0 bridgehead atoms. The van der Waals surface area contributed by atoms with Crippen LogP contribution in [0.4, 0.5) is 5.82 Å². The van der Waals surface area contributed by atoms with E-state index in [1.807, 2.05) is 25.2 Å². The van der Waals surface area contributed by atoms with E-state index in [9.17, 15) is 9.90 Å². The Labute approximate surface area is 158 Å². The number of carbonyl (C=O) groups excluding carboxylic acids is 1. The molecule has 0 fully saturated rings. The summed E-state index contributed by atoms with van der Waals surface area (Å²) in [6.45, 7) is 3.92. The van der Waals surface area contributed by atoms with Gasteiger partial charge in [-0.15, -0.1) is 0 Å². The first kappa shape index (κ1) is 19.5. The number of nitrogens with zero attached hydrogens (tertiary/aromatic N) is 2. The number of aromatic hydroxyl groups is 1. The van der Waals surface area contributed by atoms with E-state index in [1.54, 1.807) is 49.2 Å². The molecule has 1 heterocycles. The van der Waals surface area contributed by atoms with Crippen molar-refractivity contribution in [3.63, 3.8) is 0 Å². The van der Waals surface area contributed by atoms with Gasteiger partial charge in [-0.2, -0.15) is 0 Å². The van der Waals surface area contributed by atoms with Crippen molar-refractivity contribution in [3.8, 4) is 5.75 Å². The van der Waals surface area contributed by atoms with Crippen LogP contribution in [0.15, 0.2) is 54.6 Å². The van der Waals surface area contributed by atoms with Gasteiger partial charge in [0.25, 0.3) is 0 Å². The minimum atomic E-state index is -0.479. The number of pyridine rings is 1. The van der Waals surface area contributed by atoms with Crippen LogP contribution < -0.4 is 4.90 Å². The molecule has 0 atom stereocenters. The van der Waals surface area contributed by atoms with E-state index in [-0.39, 0.29) is 18.1 Å². The summed E-state index contributed by atoms with van der Waals surface area (Å²) in [6.07, 6.45) is 5.56. The Bertz CT molecular complexity index is 847. The van der Waals surface area contributed by atoms with Gasteiger partial charge in [0.15, 0.2) is 5.69 Å². The molecule has 6 heteroatoms. The highest BCUT2D eigenvalue weighted by Crippen LogP contribution is 2.32. The maximum Gasteiger partial charge on any atom is 0.356 e. The SMILES string of the molecule is C/C=C/C=C(/c1cc(Cl)ccc1O)N(C)c1cccc(C(=O)OCC)n1. The summed E-state index contributed by atoms with van der Waals surface area (Å²) in [5.41, 5.74) is 1.45. The normalized spacial score (nSPS) is 11.6. The molecule has 26 heavy (non-hydrogen) atoms. The third-order valence-electron chi connectivity index (χ3n) is 3.61. The third-order valence-corrected chi connectivity index (χ3v) is 3.84. The molecule has 0 aliphatic rings. The number of allylic oxidation sites excluding steroid dienone is 3.